The first-order valence-corrected chi connectivity index (χ1v) is 8.37. The largest absolute Gasteiger partial charge is 0.481 e. The molecule has 1 aromatic rings. The monoisotopic (exact) mass is 304 g/mol. The molecule has 1 heterocycles. The molecule has 1 aliphatic rings. The van der Waals surface area contributed by atoms with Gasteiger partial charge < -0.3 is 15.0 Å². The summed E-state index contributed by atoms with van der Waals surface area (Å²) in [6.45, 7) is 8.29. The molecular formula is C18H28N2O2. The lowest BCUT2D eigenvalue weighted by Crippen LogP contribution is -2.39. The summed E-state index contributed by atoms with van der Waals surface area (Å²) in [6, 6.07) is 9.46. The van der Waals surface area contributed by atoms with Gasteiger partial charge >= 0.3 is 0 Å². The van der Waals surface area contributed by atoms with Crippen LogP contribution in [0.1, 0.15) is 33.1 Å². The highest BCUT2D eigenvalue weighted by Crippen LogP contribution is 2.15. The first-order valence-electron chi connectivity index (χ1n) is 8.37. The van der Waals surface area contributed by atoms with Gasteiger partial charge in [-0.05, 0) is 63.9 Å². The highest BCUT2D eigenvalue weighted by atomic mass is 16.5. The van der Waals surface area contributed by atoms with Crippen LogP contribution in [0.25, 0.3) is 0 Å². The topological polar surface area (TPSA) is 41.6 Å². The van der Waals surface area contributed by atoms with E-state index in [0.717, 1.165) is 24.6 Å². The van der Waals surface area contributed by atoms with Crippen LogP contribution in [0.4, 0.5) is 0 Å². The van der Waals surface area contributed by atoms with E-state index in [1.807, 2.05) is 30.3 Å². The van der Waals surface area contributed by atoms with Gasteiger partial charge in [-0.25, -0.2) is 0 Å². The molecule has 1 fully saturated rings. The molecule has 0 bridgehead atoms. The number of nitrogens with zero attached hydrogens (tertiary/aromatic N) is 1. The average molecular weight is 304 g/mol. The van der Waals surface area contributed by atoms with Gasteiger partial charge in [0.1, 0.15) is 5.75 Å². The molecule has 122 valence electrons. The Labute approximate surface area is 133 Å². The number of likely N-dealkylation sites (tertiary alicyclic amines) is 1. The number of rotatable bonds is 7. The summed E-state index contributed by atoms with van der Waals surface area (Å²) in [4.78, 5) is 14.5. The van der Waals surface area contributed by atoms with Gasteiger partial charge in [0.05, 0.1) is 0 Å². The third kappa shape index (κ3) is 5.68. The lowest BCUT2D eigenvalue weighted by Gasteiger charge is -2.30. The molecule has 4 heteroatoms. The standard InChI is InChI=1S/C18H28N2O2/c1-15-9-13-20(14-10-15)12-6-11-19-18(21)16(2)22-17-7-4-3-5-8-17/h3-5,7-8,15-16H,6,9-14H2,1-2H3,(H,19,21)/t16-/m0/s1. The Morgan fingerprint density at radius 2 is 2.00 bits per heavy atom. The van der Waals surface area contributed by atoms with E-state index in [2.05, 4.69) is 17.1 Å². The van der Waals surface area contributed by atoms with Gasteiger partial charge in [0.25, 0.3) is 5.91 Å². The number of amides is 1. The van der Waals surface area contributed by atoms with Crippen molar-refractivity contribution in [2.24, 2.45) is 5.92 Å². The fourth-order valence-electron chi connectivity index (χ4n) is 2.70. The fraction of sp³-hybridized carbons (Fsp3) is 0.611. The van der Waals surface area contributed by atoms with E-state index in [4.69, 9.17) is 4.74 Å². The molecule has 1 N–H and O–H groups in total. The van der Waals surface area contributed by atoms with Gasteiger partial charge in [-0.3, -0.25) is 4.79 Å². The average Bonchev–Trinajstić information content (AvgIpc) is 2.54. The molecule has 0 radical (unpaired) electrons. The normalized spacial score (nSPS) is 17.9. The summed E-state index contributed by atoms with van der Waals surface area (Å²) < 4.78 is 5.61. The van der Waals surface area contributed by atoms with Crippen LogP contribution in [-0.4, -0.2) is 43.1 Å². The lowest BCUT2D eigenvalue weighted by molar-refractivity contribution is -0.127. The third-order valence-electron chi connectivity index (χ3n) is 4.25. The van der Waals surface area contributed by atoms with Gasteiger partial charge in [-0.15, -0.1) is 0 Å². The lowest BCUT2D eigenvalue weighted by atomic mass is 9.99. The molecule has 0 spiro atoms. The number of ether oxygens (including phenoxy) is 1. The number of piperidine rings is 1. The summed E-state index contributed by atoms with van der Waals surface area (Å²) in [5.74, 6) is 1.55. The highest BCUT2D eigenvalue weighted by Gasteiger charge is 2.16. The van der Waals surface area contributed by atoms with E-state index >= 15 is 0 Å². The fourth-order valence-corrected chi connectivity index (χ4v) is 2.70. The Kier molecular flexibility index (Phi) is 6.72. The molecular weight excluding hydrogens is 276 g/mol. The second-order valence-corrected chi connectivity index (χ2v) is 6.24. The first-order chi connectivity index (χ1) is 10.6. The Bertz CT molecular complexity index is 442. The van der Waals surface area contributed by atoms with Crippen LogP contribution in [0.2, 0.25) is 0 Å². The van der Waals surface area contributed by atoms with E-state index in [1.165, 1.54) is 25.9 Å². The van der Waals surface area contributed by atoms with E-state index < -0.39 is 6.10 Å². The van der Waals surface area contributed by atoms with Crippen LogP contribution >= 0.6 is 0 Å². The van der Waals surface area contributed by atoms with Crippen molar-refractivity contribution >= 4 is 5.91 Å². The van der Waals surface area contributed by atoms with Crippen molar-refractivity contribution in [2.75, 3.05) is 26.2 Å². The predicted molar refractivity (Wildman–Crippen MR) is 89.0 cm³/mol. The van der Waals surface area contributed by atoms with Crippen molar-refractivity contribution in [3.63, 3.8) is 0 Å². The molecule has 2 rings (SSSR count). The molecule has 1 atom stereocenters. The van der Waals surface area contributed by atoms with E-state index in [9.17, 15) is 4.79 Å². The second kappa shape index (κ2) is 8.79. The van der Waals surface area contributed by atoms with Crippen LogP contribution in [0.5, 0.6) is 5.75 Å². The third-order valence-corrected chi connectivity index (χ3v) is 4.25. The Hall–Kier alpha value is -1.55. The van der Waals surface area contributed by atoms with Gasteiger partial charge in [0.2, 0.25) is 0 Å². The van der Waals surface area contributed by atoms with Crippen LogP contribution in [0.3, 0.4) is 0 Å². The zero-order valence-corrected chi connectivity index (χ0v) is 13.8. The Morgan fingerprint density at radius 3 is 2.68 bits per heavy atom. The number of carbonyl (C=O) groups excluding carboxylic acids is 1. The maximum absolute atomic E-state index is 12.0. The minimum atomic E-state index is -0.460. The molecule has 1 aromatic carbocycles. The molecule has 0 aromatic heterocycles. The van der Waals surface area contributed by atoms with Crippen molar-refractivity contribution in [1.82, 2.24) is 10.2 Å². The Balaban J connectivity index is 1.59. The van der Waals surface area contributed by atoms with Gasteiger partial charge in [-0.1, -0.05) is 25.1 Å². The second-order valence-electron chi connectivity index (χ2n) is 6.24. The molecule has 22 heavy (non-hydrogen) atoms. The van der Waals surface area contributed by atoms with Crippen molar-refractivity contribution in [3.8, 4) is 5.75 Å². The number of benzene rings is 1. The van der Waals surface area contributed by atoms with Crippen molar-refractivity contribution < 1.29 is 9.53 Å². The molecule has 1 aliphatic heterocycles. The van der Waals surface area contributed by atoms with Crippen molar-refractivity contribution in [1.29, 1.82) is 0 Å². The molecule has 0 saturated carbocycles. The van der Waals surface area contributed by atoms with E-state index in [0.29, 0.717) is 6.54 Å². The number of hydrogen-bond donors (Lipinski definition) is 1. The van der Waals surface area contributed by atoms with Crippen molar-refractivity contribution in [3.05, 3.63) is 30.3 Å². The number of hydrogen-bond acceptors (Lipinski definition) is 3. The minimum Gasteiger partial charge on any atom is -0.481 e. The summed E-state index contributed by atoms with van der Waals surface area (Å²) in [5.41, 5.74) is 0. The van der Waals surface area contributed by atoms with Gasteiger partial charge in [-0.2, -0.15) is 0 Å². The smallest absolute Gasteiger partial charge is 0.260 e. The molecule has 1 saturated heterocycles. The summed E-state index contributed by atoms with van der Waals surface area (Å²) in [5, 5.41) is 2.96. The van der Waals surface area contributed by atoms with Gasteiger partial charge in [0.15, 0.2) is 6.10 Å². The van der Waals surface area contributed by atoms with Gasteiger partial charge in [0, 0.05) is 6.54 Å². The van der Waals surface area contributed by atoms with Crippen LogP contribution in [0.15, 0.2) is 30.3 Å². The molecule has 0 unspecified atom stereocenters. The maximum Gasteiger partial charge on any atom is 0.260 e. The summed E-state index contributed by atoms with van der Waals surface area (Å²) in [6.07, 6.45) is 3.14. The number of carbonyl (C=O) groups is 1. The molecule has 0 aliphatic carbocycles. The van der Waals surface area contributed by atoms with Crippen LogP contribution in [-0.2, 0) is 4.79 Å². The molecule has 4 nitrogen and oxygen atoms in total. The van der Waals surface area contributed by atoms with Crippen molar-refractivity contribution in [2.45, 2.75) is 39.2 Å². The SMILES string of the molecule is CC1CCN(CCCNC(=O)[C@H](C)Oc2ccccc2)CC1. The summed E-state index contributed by atoms with van der Waals surface area (Å²) in [7, 11) is 0. The van der Waals surface area contributed by atoms with E-state index in [-0.39, 0.29) is 5.91 Å². The van der Waals surface area contributed by atoms with Crippen LogP contribution < -0.4 is 10.1 Å². The van der Waals surface area contributed by atoms with E-state index in [1.54, 1.807) is 6.92 Å². The quantitative estimate of drug-likeness (QED) is 0.788. The maximum atomic E-state index is 12.0. The zero-order chi connectivity index (χ0) is 15.8. The number of nitrogens with one attached hydrogen (secondary N) is 1. The van der Waals surface area contributed by atoms with Crippen LogP contribution in [0, 0.1) is 5.92 Å². The Morgan fingerprint density at radius 1 is 1.32 bits per heavy atom. The summed E-state index contributed by atoms with van der Waals surface area (Å²) >= 11 is 0. The zero-order valence-electron chi connectivity index (χ0n) is 13.8. The highest BCUT2D eigenvalue weighted by molar-refractivity contribution is 5.80. The minimum absolute atomic E-state index is 0.0453. The first kappa shape index (κ1) is 16.8. The molecule has 1 amide bonds. The predicted octanol–water partition coefficient (Wildman–Crippen LogP) is 2.69. The number of para-hydroxylation sites is 1.